The molecule has 0 saturated carbocycles. The highest BCUT2D eigenvalue weighted by Crippen LogP contribution is 2.25. The van der Waals surface area contributed by atoms with E-state index in [-0.39, 0.29) is 18.1 Å². The molecule has 3 nitrogen and oxygen atoms in total. The van der Waals surface area contributed by atoms with Gasteiger partial charge < -0.3 is 9.64 Å². The molecule has 2 unspecified atom stereocenters. The van der Waals surface area contributed by atoms with E-state index >= 15 is 0 Å². The van der Waals surface area contributed by atoms with Gasteiger partial charge in [0.25, 0.3) is 5.91 Å². The molecule has 1 aromatic rings. The van der Waals surface area contributed by atoms with Gasteiger partial charge in [-0.3, -0.25) is 4.79 Å². The second kappa shape index (κ2) is 4.73. The average Bonchev–Trinajstić information content (AvgIpc) is 2.91. The van der Waals surface area contributed by atoms with Crippen molar-refractivity contribution in [3.63, 3.8) is 0 Å². The van der Waals surface area contributed by atoms with Crippen LogP contribution < -0.4 is 0 Å². The SMILES string of the molecule is CC1Cc2ccccc2CN1C(=O)C1CCCO1. The van der Waals surface area contributed by atoms with Gasteiger partial charge in [-0.15, -0.1) is 0 Å². The van der Waals surface area contributed by atoms with Crippen molar-refractivity contribution >= 4 is 5.91 Å². The summed E-state index contributed by atoms with van der Waals surface area (Å²) in [6.45, 7) is 3.59. The predicted octanol–water partition coefficient (Wildman–Crippen LogP) is 2.14. The summed E-state index contributed by atoms with van der Waals surface area (Å²) in [5.74, 6) is 0.175. The summed E-state index contributed by atoms with van der Waals surface area (Å²) >= 11 is 0. The number of nitrogens with zero attached hydrogens (tertiary/aromatic N) is 1. The van der Waals surface area contributed by atoms with Crippen LogP contribution in [0.25, 0.3) is 0 Å². The third kappa shape index (κ3) is 2.03. The molecule has 0 radical (unpaired) electrons. The van der Waals surface area contributed by atoms with Gasteiger partial charge in [-0.25, -0.2) is 0 Å². The second-order valence-electron chi connectivity index (χ2n) is 5.29. The van der Waals surface area contributed by atoms with Gasteiger partial charge in [0.2, 0.25) is 0 Å². The molecule has 1 aromatic carbocycles. The molecule has 0 aliphatic carbocycles. The lowest BCUT2D eigenvalue weighted by Crippen LogP contribution is -2.47. The van der Waals surface area contributed by atoms with E-state index in [0.717, 1.165) is 32.4 Å². The second-order valence-corrected chi connectivity index (χ2v) is 5.29. The summed E-state index contributed by atoms with van der Waals surface area (Å²) in [6, 6.07) is 8.68. The van der Waals surface area contributed by atoms with Gasteiger partial charge in [-0.2, -0.15) is 0 Å². The van der Waals surface area contributed by atoms with Crippen molar-refractivity contribution in [3.8, 4) is 0 Å². The van der Waals surface area contributed by atoms with Gasteiger partial charge in [-0.1, -0.05) is 24.3 Å². The lowest BCUT2D eigenvalue weighted by molar-refractivity contribution is -0.144. The molecule has 2 aliphatic heterocycles. The van der Waals surface area contributed by atoms with Crippen LogP contribution >= 0.6 is 0 Å². The Hall–Kier alpha value is -1.35. The Morgan fingerprint density at radius 1 is 1.33 bits per heavy atom. The molecular formula is C15H19NO2. The van der Waals surface area contributed by atoms with E-state index in [1.54, 1.807) is 0 Å². The van der Waals surface area contributed by atoms with Gasteiger partial charge in [0.05, 0.1) is 0 Å². The average molecular weight is 245 g/mol. The maximum absolute atomic E-state index is 12.4. The lowest BCUT2D eigenvalue weighted by Gasteiger charge is -2.36. The Morgan fingerprint density at radius 2 is 2.11 bits per heavy atom. The van der Waals surface area contributed by atoms with E-state index in [2.05, 4.69) is 25.1 Å². The molecule has 96 valence electrons. The van der Waals surface area contributed by atoms with E-state index in [0.29, 0.717) is 0 Å². The van der Waals surface area contributed by atoms with E-state index in [1.165, 1.54) is 11.1 Å². The van der Waals surface area contributed by atoms with Gasteiger partial charge in [-0.05, 0) is 37.3 Å². The molecule has 2 heterocycles. The lowest BCUT2D eigenvalue weighted by atomic mass is 9.94. The van der Waals surface area contributed by atoms with Crippen molar-refractivity contribution in [1.29, 1.82) is 0 Å². The Bertz CT molecular complexity index is 452. The summed E-state index contributed by atoms with van der Waals surface area (Å²) in [7, 11) is 0. The van der Waals surface area contributed by atoms with Crippen LogP contribution in [0.3, 0.4) is 0 Å². The molecular weight excluding hydrogens is 226 g/mol. The largest absolute Gasteiger partial charge is 0.368 e. The van der Waals surface area contributed by atoms with Gasteiger partial charge in [0.1, 0.15) is 6.10 Å². The minimum Gasteiger partial charge on any atom is -0.368 e. The third-order valence-electron chi connectivity index (χ3n) is 3.99. The standard InChI is InChI=1S/C15H19NO2/c1-11-9-12-5-2-3-6-13(12)10-16(11)15(17)14-7-4-8-18-14/h2-3,5-6,11,14H,4,7-10H2,1H3. The van der Waals surface area contributed by atoms with Crippen LogP contribution in [0.15, 0.2) is 24.3 Å². The topological polar surface area (TPSA) is 29.5 Å². The molecule has 0 spiro atoms. The zero-order chi connectivity index (χ0) is 12.5. The number of hydrogen-bond donors (Lipinski definition) is 0. The number of amides is 1. The number of ether oxygens (including phenoxy) is 1. The molecule has 2 aliphatic rings. The quantitative estimate of drug-likeness (QED) is 0.758. The van der Waals surface area contributed by atoms with Crippen molar-refractivity contribution in [1.82, 2.24) is 4.90 Å². The summed E-state index contributed by atoms with van der Waals surface area (Å²) in [5.41, 5.74) is 2.66. The smallest absolute Gasteiger partial charge is 0.252 e. The molecule has 0 aromatic heterocycles. The number of carbonyl (C=O) groups excluding carboxylic acids is 1. The van der Waals surface area contributed by atoms with Crippen LogP contribution in [0.4, 0.5) is 0 Å². The number of rotatable bonds is 1. The van der Waals surface area contributed by atoms with E-state index < -0.39 is 0 Å². The van der Waals surface area contributed by atoms with Crippen molar-refractivity contribution < 1.29 is 9.53 Å². The summed E-state index contributed by atoms with van der Waals surface area (Å²) < 4.78 is 5.51. The van der Waals surface area contributed by atoms with Crippen LogP contribution in [0, 0.1) is 0 Å². The van der Waals surface area contributed by atoms with Crippen LogP contribution in [-0.2, 0) is 22.5 Å². The van der Waals surface area contributed by atoms with Crippen LogP contribution in [0.5, 0.6) is 0 Å². The summed E-state index contributed by atoms with van der Waals surface area (Å²) in [6.07, 6.45) is 2.64. The highest BCUT2D eigenvalue weighted by Gasteiger charge is 2.33. The number of benzene rings is 1. The maximum atomic E-state index is 12.4. The van der Waals surface area contributed by atoms with Gasteiger partial charge in [0.15, 0.2) is 0 Å². The number of carbonyl (C=O) groups is 1. The Kier molecular flexibility index (Phi) is 3.08. The maximum Gasteiger partial charge on any atom is 0.252 e. The minimum absolute atomic E-state index is 0.175. The van der Waals surface area contributed by atoms with Crippen LogP contribution in [-0.4, -0.2) is 29.6 Å². The number of hydrogen-bond acceptors (Lipinski definition) is 2. The molecule has 1 amide bonds. The van der Waals surface area contributed by atoms with E-state index in [9.17, 15) is 4.79 Å². The van der Waals surface area contributed by atoms with Crippen LogP contribution in [0.1, 0.15) is 30.9 Å². The summed E-state index contributed by atoms with van der Waals surface area (Å²) in [4.78, 5) is 14.4. The monoisotopic (exact) mass is 245 g/mol. The fourth-order valence-electron chi connectivity index (χ4n) is 2.93. The molecule has 3 heteroatoms. The van der Waals surface area contributed by atoms with E-state index in [4.69, 9.17) is 4.74 Å². The first kappa shape index (κ1) is 11.7. The van der Waals surface area contributed by atoms with Crippen molar-refractivity contribution in [2.24, 2.45) is 0 Å². The fourth-order valence-corrected chi connectivity index (χ4v) is 2.93. The third-order valence-corrected chi connectivity index (χ3v) is 3.99. The highest BCUT2D eigenvalue weighted by atomic mass is 16.5. The molecule has 3 rings (SSSR count). The first-order chi connectivity index (χ1) is 8.75. The molecule has 0 bridgehead atoms. The predicted molar refractivity (Wildman–Crippen MR) is 69.1 cm³/mol. The van der Waals surface area contributed by atoms with Crippen molar-refractivity contribution in [2.45, 2.75) is 44.9 Å². The Labute approximate surface area is 108 Å². The van der Waals surface area contributed by atoms with E-state index in [1.807, 2.05) is 11.0 Å². The van der Waals surface area contributed by atoms with Crippen molar-refractivity contribution in [2.75, 3.05) is 6.61 Å². The molecule has 1 fully saturated rings. The summed E-state index contributed by atoms with van der Waals surface area (Å²) in [5, 5.41) is 0. The number of fused-ring (bicyclic) bond motifs is 1. The first-order valence-electron chi connectivity index (χ1n) is 6.74. The van der Waals surface area contributed by atoms with Crippen molar-refractivity contribution in [3.05, 3.63) is 35.4 Å². The Morgan fingerprint density at radius 3 is 2.83 bits per heavy atom. The zero-order valence-electron chi connectivity index (χ0n) is 10.8. The fraction of sp³-hybridized carbons (Fsp3) is 0.533. The van der Waals surface area contributed by atoms with Crippen LogP contribution in [0.2, 0.25) is 0 Å². The van der Waals surface area contributed by atoms with Gasteiger partial charge >= 0.3 is 0 Å². The minimum atomic E-state index is -0.197. The Balaban J connectivity index is 1.79. The molecule has 0 N–H and O–H groups in total. The zero-order valence-corrected chi connectivity index (χ0v) is 10.8. The normalized spacial score (nSPS) is 27.1. The molecule has 2 atom stereocenters. The molecule has 1 saturated heterocycles. The first-order valence-corrected chi connectivity index (χ1v) is 6.74. The van der Waals surface area contributed by atoms with Gasteiger partial charge in [0, 0.05) is 19.2 Å². The highest BCUT2D eigenvalue weighted by molar-refractivity contribution is 5.81. The molecule has 18 heavy (non-hydrogen) atoms.